The number of H-pyrrole nitrogens is 1. The Morgan fingerprint density at radius 1 is 1.16 bits per heavy atom. The standard InChI is InChI=1S/C27H33FN6O3/c1-19(2)12-15-34(14-5-13-29)17-20-8-10-21(11-9-20)22-16-30-26(32-25(22)35)33-27(36)31-23-6-3-4-7-24(23)37-18-28/h3-4,6-12,16H,5,13-15,17-18,29H2,1-2H3,(H3,30,31,32,33,35,36). The number of carbonyl (C=O) groups excluding carboxylic acids is 1. The van der Waals surface area contributed by atoms with Crippen molar-refractivity contribution >= 4 is 17.7 Å². The number of allylic oxidation sites excluding steroid dienone is 1. The fraction of sp³-hybridized carbons (Fsp3) is 0.296. The second-order valence-electron chi connectivity index (χ2n) is 8.65. The fourth-order valence-corrected chi connectivity index (χ4v) is 3.59. The summed E-state index contributed by atoms with van der Waals surface area (Å²) in [6.45, 7) is 6.31. The predicted octanol–water partition coefficient (Wildman–Crippen LogP) is 4.50. The van der Waals surface area contributed by atoms with E-state index in [1.165, 1.54) is 17.8 Å². The summed E-state index contributed by atoms with van der Waals surface area (Å²) in [5.74, 6) is 0.154. The van der Waals surface area contributed by atoms with Crippen LogP contribution in [-0.2, 0) is 6.54 Å². The predicted molar refractivity (Wildman–Crippen MR) is 144 cm³/mol. The van der Waals surface area contributed by atoms with Gasteiger partial charge in [-0.2, -0.15) is 4.98 Å². The molecule has 0 aliphatic carbocycles. The van der Waals surface area contributed by atoms with E-state index in [-0.39, 0.29) is 17.4 Å². The molecule has 3 rings (SSSR count). The van der Waals surface area contributed by atoms with E-state index in [1.807, 2.05) is 24.3 Å². The van der Waals surface area contributed by atoms with E-state index in [1.54, 1.807) is 18.2 Å². The van der Waals surface area contributed by atoms with E-state index in [2.05, 4.69) is 45.4 Å². The quantitative estimate of drug-likeness (QED) is 0.267. The summed E-state index contributed by atoms with van der Waals surface area (Å²) in [7, 11) is 0. The summed E-state index contributed by atoms with van der Waals surface area (Å²) in [5.41, 5.74) is 8.96. The molecule has 0 saturated carbocycles. The molecule has 0 saturated heterocycles. The molecule has 3 aromatic rings. The highest BCUT2D eigenvalue weighted by molar-refractivity contribution is 5.99. The molecule has 196 valence electrons. The molecule has 9 nitrogen and oxygen atoms in total. The van der Waals surface area contributed by atoms with Gasteiger partial charge in [0.2, 0.25) is 12.8 Å². The average Bonchev–Trinajstić information content (AvgIpc) is 2.87. The van der Waals surface area contributed by atoms with Crippen LogP contribution in [0.15, 0.2) is 71.2 Å². The van der Waals surface area contributed by atoms with E-state index < -0.39 is 18.5 Å². The molecular weight excluding hydrogens is 475 g/mol. The zero-order valence-electron chi connectivity index (χ0n) is 21.1. The monoisotopic (exact) mass is 508 g/mol. The molecule has 10 heteroatoms. The van der Waals surface area contributed by atoms with Crippen LogP contribution in [0.3, 0.4) is 0 Å². The van der Waals surface area contributed by atoms with Crippen molar-refractivity contribution in [1.29, 1.82) is 0 Å². The van der Waals surface area contributed by atoms with Gasteiger partial charge in [0.25, 0.3) is 5.56 Å². The van der Waals surface area contributed by atoms with Crippen molar-refractivity contribution in [2.24, 2.45) is 5.73 Å². The molecule has 5 N–H and O–H groups in total. The topological polar surface area (TPSA) is 125 Å². The molecule has 0 aliphatic rings. The van der Waals surface area contributed by atoms with Gasteiger partial charge in [-0.05, 0) is 50.1 Å². The highest BCUT2D eigenvalue weighted by Gasteiger charge is 2.11. The molecule has 2 aromatic carbocycles. The molecule has 0 fully saturated rings. The zero-order valence-corrected chi connectivity index (χ0v) is 21.1. The van der Waals surface area contributed by atoms with Crippen LogP contribution in [0.5, 0.6) is 5.75 Å². The molecule has 0 aliphatic heterocycles. The van der Waals surface area contributed by atoms with E-state index in [0.29, 0.717) is 17.7 Å². The van der Waals surface area contributed by atoms with Crippen LogP contribution >= 0.6 is 0 Å². The summed E-state index contributed by atoms with van der Waals surface area (Å²) in [6.07, 6.45) is 4.62. The van der Waals surface area contributed by atoms with Gasteiger partial charge in [-0.1, -0.05) is 48.0 Å². The van der Waals surface area contributed by atoms with Crippen LogP contribution in [0.2, 0.25) is 0 Å². The molecule has 1 heterocycles. The number of amides is 2. The number of ether oxygens (including phenoxy) is 1. The maximum absolute atomic E-state index is 12.7. The molecule has 37 heavy (non-hydrogen) atoms. The molecule has 0 spiro atoms. The molecule has 2 amide bonds. The Labute approximate surface area is 215 Å². The fourth-order valence-electron chi connectivity index (χ4n) is 3.59. The van der Waals surface area contributed by atoms with E-state index in [9.17, 15) is 14.0 Å². The Balaban J connectivity index is 1.65. The second-order valence-corrected chi connectivity index (χ2v) is 8.65. The summed E-state index contributed by atoms with van der Waals surface area (Å²) < 4.78 is 17.4. The van der Waals surface area contributed by atoms with Gasteiger partial charge in [0, 0.05) is 25.8 Å². The number of carbonyl (C=O) groups is 1. The molecule has 1 aromatic heterocycles. The third kappa shape index (κ3) is 8.55. The highest BCUT2D eigenvalue weighted by Crippen LogP contribution is 2.24. The van der Waals surface area contributed by atoms with Crippen LogP contribution in [-0.4, -0.2) is 47.4 Å². The van der Waals surface area contributed by atoms with Gasteiger partial charge < -0.3 is 20.8 Å². The number of urea groups is 1. The number of para-hydroxylation sites is 2. The number of aromatic nitrogens is 2. The summed E-state index contributed by atoms with van der Waals surface area (Å²) >= 11 is 0. The lowest BCUT2D eigenvalue weighted by atomic mass is 10.1. The smallest absolute Gasteiger partial charge is 0.326 e. The number of nitrogens with zero attached hydrogens (tertiary/aromatic N) is 2. The molecule has 0 atom stereocenters. The molecule has 0 unspecified atom stereocenters. The molecule has 0 radical (unpaired) electrons. The lowest BCUT2D eigenvalue weighted by Crippen LogP contribution is -2.26. The van der Waals surface area contributed by atoms with Gasteiger partial charge in [0.1, 0.15) is 5.75 Å². The number of nitrogens with two attached hydrogens (primary N) is 1. The first-order valence-corrected chi connectivity index (χ1v) is 12.0. The Bertz CT molecular complexity index is 1260. The van der Waals surface area contributed by atoms with Crippen LogP contribution in [0.25, 0.3) is 11.1 Å². The first-order chi connectivity index (χ1) is 17.9. The van der Waals surface area contributed by atoms with Crippen molar-refractivity contribution < 1.29 is 13.9 Å². The van der Waals surface area contributed by atoms with Crippen molar-refractivity contribution in [3.05, 3.63) is 82.3 Å². The highest BCUT2D eigenvalue weighted by atomic mass is 19.1. The van der Waals surface area contributed by atoms with E-state index in [4.69, 9.17) is 10.5 Å². The first-order valence-electron chi connectivity index (χ1n) is 12.0. The molecule has 0 bridgehead atoms. The summed E-state index contributed by atoms with van der Waals surface area (Å²) in [6, 6.07) is 13.5. The van der Waals surface area contributed by atoms with Crippen LogP contribution < -0.4 is 26.7 Å². The number of halogens is 1. The lowest BCUT2D eigenvalue weighted by molar-refractivity contribution is 0.192. The largest absolute Gasteiger partial charge is 0.461 e. The van der Waals surface area contributed by atoms with Crippen molar-refractivity contribution in [3.63, 3.8) is 0 Å². The van der Waals surface area contributed by atoms with E-state index >= 15 is 0 Å². The van der Waals surface area contributed by atoms with Crippen LogP contribution in [0, 0.1) is 0 Å². The van der Waals surface area contributed by atoms with Gasteiger partial charge >= 0.3 is 6.03 Å². The molecular formula is C27H33FN6O3. The number of rotatable bonds is 12. The SMILES string of the molecule is CC(C)=CCN(CCCN)Cc1ccc(-c2c[nH]c(NC(=O)Nc3ccccc3OCF)nc2=O)cc1. The third-order valence-electron chi connectivity index (χ3n) is 5.48. The maximum atomic E-state index is 12.7. The number of aromatic amines is 1. The number of nitrogens with one attached hydrogen (secondary N) is 3. The summed E-state index contributed by atoms with van der Waals surface area (Å²) in [4.78, 5) is 34.1. The second kappa shape index (κ2) is 13.9. The minimum Gasteiger partial charge on any atom is -0.461 e. The third-order valence-corrected chi connectivity index (χ3v) is 5.48. The van der Waals surface area contributed by atoms with Gasteiger partial charge in [0.05, 0.1) is 11.3 Å². The van der Waals surface area contributed by atoms with Crippen molar-refractivity contribution in [2.45, 2.75) is 26.8 Å². The first kappa shape index (κ1) is 27.6. The average molecular weight is 509 g/mol. The normalized spacial score (nSPS) is 10.7. The summed E-state index contributed by atoms with van der Waals surface area (Å²) in [5, 5.41) is 5.00. The number of alkyl halides is 1. The minimum absolute atomic E-state index is 0.0263. The number of hydrogen-bond acceptors (Lipinski definition) is 6. The Kier molecular flexibility index (Phi) is 10.4. The Morgan fingerprint density at radius 2 is 1.92 bits per heavy atom. The number of anilines is 2. The van der Waals surface area contributed by atoms with Gasteiger partial charge in [-0.3, -0.25) is 15.0 Å². The Morgan fingerprint density at radius 3 is 2.59 bits per heavy atom. The minimum atomic E-state index is -1.03. The number of hydrogen-bond donors (Lipinski definition) is 4. The number of benzene rings is 2. The lowest BCUT2D eigenvalue weighted by Gasteiger charge is -2.21. The van der Waals surface area contributed by atoms with Crippen molar-refractivity contribution in [2.75, 3.05) is 37.1 Å². The zero-order chi connectivity index (χ0) is 26.6. The van der Waals surface area contributed by atoms with Crippen molar-refractivity contribution in [1.82, 2.24) is 14.9 Å². The van der Waals surface area contributed by atoms with Gasteiger partial charge in [-0.25, -0.2) is 9.18 Å². The maximum Gasteiger partial charge on any atom is 0.326 e. The van der Waals surface area contributed by atoms with Crippen molar-refractivity contribution in [3.8, 4) is 16.9 Å². The van der Waals surface area contributed by atoms with Crippen LogP contribution in [0.4, 0.5) is 20.8 Å². The van der Waals surface area contributed by atoms with Gasteiger partial charge in [-0.15, -0.1) is 0 Å². The van der Waals surface area contributed by atoms with Gasteiger partial charge in [0.15, 0.2) is 0 Å². The van der Waals surface area contributed by atoms with E-state index in [0.717, 1.165) is 31.6 Å². The Hall–Kier alpha value is -4.02. The van der Waals surface area contributed by atoms with Crippen LogP contribution in [0.1, 0.15) is 25.8 Å².